The molecule has 1 atom stereocenters. The van der Waals surface area contributed by atoms with E-state index in [0.717, 1.165) is 48.8 Å². The largest absolute Gasteiger partial charge is 0.373 e. The molecule has 1 N–H and O–H groups in total. The van der Waals surface area contributed by atoms with Gasteiger partial charge < -0.3 is 10.2 Å². The topological polar surface area (TPSA) is 45.2 Å². The van der Waals surface area contributed by atoms with Crippen LogP contribution in [0.25, 0.3) is 0 Å². The maximum absolute atomic E-state index is 12.6. The van der Waals surface area contributed by atoms with E-state index in [4.69, 9.17) is 0 Å². The zero-order valence-corrected chi connectivity index (χ0v) is 13.3. The first-order valence-electron chi connectivity index (χ1n) is 7.23. The van der Waals surface area contributed by atoms with E-state index in [0.29, 0.717) is 5.25 Å². The first-order chi connectivity index (χ1) is 9.63. The van der Waals surface area contributed by atoms with Crippen molar-refractivity contribution in [3.63, 3.8) is 0 Å². The van der Waals surface area contributed by atoms with Gasteiger partial charge in [-0.25, -0.2) is 4.98 Å². The van der Waals surface area contributed by atoms with Gasteiger partial charge in [0.05, 0.1) is 0 Å². The Bertz CT molecular complexity index is 478. The van der Waals surface area contributed by atoms with Crippen molar-refractivity contribution in [2.24, 2.45) is 0 Å². The Balaban J connectivity index is 2.21. The molecule has 1 unspecified atom stereocenters. The summed E-state index contributed by atoms with van der Waals surface area (Å²) in [5.74, 6) is 1.94. The van der Waals surface area contributed by atoms with Gasteiger partial charge in [-0.1, -0.05) is 20.3 Å². The van der Waals surface area contributed by atoms with Crippen LogP contribution in [-0.4, -0.2) is 46.9 Å². The highest BCUT2D eigenvalue weighted by Crippen LogP contribution is 2.21. The maximum atomic E-state index is 12.6. The van der Waals surface area contributed by atoms with Crippen LogP contribution in [0.4, 0.5) is 5.82 Å². The zero-order chi connectivity index (χ0) is 14.5. The SMILES string of the molecule is CCCc1cc(C(=O)N2CCSC(C)C2)cc(NC)n1. The molecule has 20 heavy (non-hydrogen) atoms. The second kappa shape index (κ2) is 6.97. The third-order valence-electron chi connectivity index (χ3n) is 3.42. The van der Waals surface area contributed by atoms with Crippen LogP contribution in [0.15, 0.2) is 12.1 Å². The lowest BCUT2D eigenvalue weighted by Crippen LogP contribution is -2.41. The molecule has 0 aliphatic carbocycles. The molecule has 1 aliphatic rings. The Morgan fingerprint density at radius 3 is 3.00 bits per heavy atom. The van der Waals surface area contributed by atoms with Crippen LogP contribution in [0.1, 0.15) is 36.3 Å². The van der Waals surface area contributed by atoms with E-state index >= 15 is 0 Å². The van der Waals surface area contributed by atoms with Gasteiger partial charge in [0, 0.05) is 42.4 Å². The molecule has 5 heteroatoms. The Morgan fingerprint density at radius 2 is 2.35 bits per heavy atom. The number of carbonyl (C=O) groups is 1. The summed E-state index contributed by atoms with van der Waals surface area (Å²) < 4.78 is 0. The molecule has 1 aromatic rings. The lowest BCUT2D eigenvalue weighted by molar-refractivity contribution is 0.0763. The van der Waals surface area contributed by atoms with Gasteiger partial charge >= 0.3 is 0 Å². The number of aryl methyl sites for hydroxylation is 1. The molecule has 1 fully saturated rings. The molecule has 1 saturated heterocycles. The molecule has 0 saturated carbocycles. The summed E-state index contributed by atoms with van der Waals surface area (Å²) in [5, 5.41) is 3.57. The molecule has 0 radical (unpaired) electrons. The highest BCUT2D eigenvalue weighted by atomic mass is 32.2. The van der Waals surface area contributed by atoms with Crippen molar-refractivity contribution in [2.45, 2.75) is 31.9 Å². The molecule has 2 rings (SSSR count). The number of amides is 1. The Morgan fingerprint density at radius 1 is 1.55 bits per heavy atom. The van der Waals surface area contributed by atoms with Gasteiger partial charge in [0.1, 0.15) is 5.82 Å². The van der Waals surface area contributed by atoms with Gasteiger partial charge in [-0.3, -0.25) is 4.79 Å². The zero-order valence-electron chi connectivity index (χ0n) is 12.5. The molecule has 0 spiro atoms. The predicted molar refractivity (Wildman–Crippen MR) is 85.6 cm³/mol. The first-order valence-corrected chi connectivity index (χ1v) is 8.28. The Kier molecular flexibility index (Phi) is 5.29. The predicted octanol–water partition coefficient (Wildman–Crippen LogP) is 2.65. The normalized spacial score (nSPS) is 18.9. The van der Waals surface area contributed by atoms with E-state index in [1.54, 1.807) is 0 Å². The number of anilines is 1. The molecule has 1 amide bonds. The minimum Gasteiger partial charge on any atom is -0.373 e. The molecule has 0 aromatic carbocycles. The highest BCUT2D eigenvalue weighted by Gasteiger charge is 2.23. The molecule has 2 heterocycles. The molecule has 1 aromatic heterocycles. The summed E-state index contributed by atoms with van der Waals surface area (Å²) in [6.07, 6.45) is 1.94. The maximum Gasteiger partial charge on any atom is 0.254 e. The minimum absolute atomic E-state index is 0.133. The fourth-order valence-corrected chi connectivity index (χ4v) is 3.42. The fraction of sp³-hybridized carbons (Fsp3) is 0.600. The third-order valence-corrected chi connectivity index (χ3v) is 4.55. The minimum atomic E-state index is 0.133. The second-order valence-electron chi connectivity index (χ2n) is 5.16. The molecule has 4 nitrogen and oxygen atoms in total. The number of carbonyl (C=O) groups excluding carboxylic acids is 1. The van der Waals surface area contributed by atoms with Crippen molar-refractivity contribution in [1.82, 2.24) is 9.88 Å². The van der Waals surface area contributed by atoms with Crippen molar-refractivity contribution in [2.75, 3.05) is 31.2 Å². The summed E-state index contributed by atoms with van der Waals surface area (Å²) >= 11 is 1.93. The number of rotatable bonds is 4. The number of nitrogens with zero attached hydrogens (tertiary/aromatic N) is 2. The van der Waals surface area contributed by atoms with Crippen molar-refractivity contribution in [3.05, 3.63) is 23.4 Å². The average molecular weight is 293 g/mol. The van der Waals surface area contributed by atoms with Gasteiger partial charge in [0.15, 0.2) is 0 Å². The standard InChI is InChI=1S/C15H23N3OS/c1-4-5-13-8-12(9-14(16-3)17-13)15(19)18-6-7-20-11(2)10-18/h8-9,11H,4-7,10H2,1-3H3,(H,16,17). The van der Waals surface area contributed by atoms with Crippen molar-refractivity contribution < 1.29 is 4.79 Å². The summed E-state index contributed by atoms with van der Waals surface area (Å²) in [5.41, 5.74) is 1.74. The number of nitrogens with one attached hydrogen (secondary N) is 1. The second-order valence-corrected chi connectivity index (χ2v) is 6.71. The number of hydrogen-bond acceptors (Lipinski definition) is 4. The van der Waals surface area contributed by atoms with E-state index < -0.39 is 0 Å². The van der Waals surface area contributed by atoms with Crippen LogP contribution < -0.4 is 5.32 Å². The van der Waals surface area contributed by atoms with Gasteiger partial charge in [0.2, 0.25) is 0 Å². The van der Waals surface area contributed by atoms with Crippen molar-refractivity contribution >= 4 is 23.5 Å². The molecular formula is C15H23N3OS. The first kappa shape index (κ1) is 15.2. The van der Waals surface area contributed by atoms with E-state index in [2.05, 4.69) is 24.1 Å². The number of hydrogen-bond donors (Lipinski definition) is 1. The van der Waals surface area contributed by atoms with Crippen LogP contribution >= 0.6 is 11.8 Å². The van der Waals surface area contributed by atoms with Crippen LogP contribution in [0.5, 0.6) is 0 Å². The molecular weight excluding hydrogens is 270 g/mol. The summed E-state index contributed by atoms with van der Waals surface area (Å²) in [6.45, 7) is 5.98. The third kappa shape index (κ3) is 3.66. The van der Waals surface area contributed by atoms with E-state index in [1.165, 1.54) is 0 Å². The van der Waals surface area contributed by atoms with E-state index in [-0.39, 0.29) is 5.91 Å². The Hall–Kier alpha value is -1.23. The van der Waals surface area contributed by atoms with Gasteiger partial charge in [-0.05, 0) is 18.6 Å². The number of pyridine rings is 1. The van der Waals surface area contributed by atoms with Gasteiger partial charge in [-0.15, -0.1) is 0 Å². The molecule has 0 bridgehead atoms. The summed E-state index contributed by atoms with van der Waals surface area (Å²) in [4.78, 5) is 19.1. The van der Waals surface area contributed by atoms with Crippen molar-refractivity contribution in [1.29, 1.82) is 0 Å². The number of thioether (sulfide) groups is 1. The highest BCUT2D eigenvalue weighted by molar-refractivity contribution is 7.99. The smallest absolute Gasteiger partial charge is 0.254 e. The lowest BCUT2D eigenvalue weighted by atomic mass is 10.1. The summed E-state index contributed by atoms with van der Waals surface area (Å²) in [7, 11) is 1.84. The Labute approximate surface area is 125 Å². The molecule has 110 valence electrons. The van der Waals surface area contributed by atoms with E-state index in [1.807, 2.05) is 35.8 Å². The molecule has 1 aliphatic heterocycles. The number of aromatic nitrogens is 1. The van der Waals surface area contributed by atoms with Gasteiger partial charge in [0.25, 0.3) is 5.91 Å². The average Bonchev–Trinajstić information content (AvgIpc) is 2.46. The quantitative estimate of drug-likeness (QED) is 0.927. The van der Waals surface area contributed by atoms with Gasteiger partial charge in [-0.2, -0.15) is 11.8 Å². The van der Waals surface area contributed by atoms with Crippen LogP contribution in [0.2, 0.25) is 0 Å². The van der Waals surface area contributed by atoms with Crippen molar-refractivity contribution in [3.8, 4) is 0 Å². The fourth-order valence-electron chi connectivity index (χ4n) is 2.41. The van der Waals surface area contributed by atoms with Crippen LogP contribution in [0, 0.1) is 0 Å². The monoisotopic (exact) mass is 293 g/mol. The van der Waals surface area contributed by atoms with Crippen LogP contribution in [-0.2, 0) is 6.42 Å². The van der Waals surface area contributed by atoms with E-state index in [9.17, 15) is 4.79 Å². The van der Waals surface area contributed by atoms with Crippen LogP contribution in [0.3, 0.4) is 0 Å². The summed E-state index contributed by atoms with van der Waals surface area (Å²) in [6, 6.07) is 3.80. The lowest BCUT2D eigenvalue weighted by Gasteiger charge is -2.30.